The molecule has 0 aliphatic carbocycles. The molecule has 0 aliphatic rings. The highest BCUT2D eigenvalue weighted by molar-refractivity contribution is 5.72. The van der Waals surface area contributed by atoms with E-state index in [0.29, 0.717) is 19.3 Å². The predicted molar refractivity (Wildman–Crippen MR) is 187 cm³/mol. The minimum atomic E-state index is -0.887. The van der Waals surface area contributed by atoms with E-state index in [9.17, 15) is 19.5 Å². The Morgan fingerprint density at radius 1 is 0.674 bits per heavy atom. The SMILES string of the molecule is CC/C=C/C=C/C=C/C=C/C=C/CCCCCC(=O)OC(COCCC(C(=O)O)[N+](C)(C)C)COC(=O)CCCCCCCCC. The summed E-state index contributed by atoms with van der Waals surface area (Å²) in [4.78, 5) is 36.5. The molecule has 0 aliphatic heterocycles. The summed E-state index contributed by atoms with van der Waals surface area (Å²) >= 11 is 0. The number of carboxylic acid groups (broad SMARTS) is 1. The van der Waals surface area contributed by atoms with E-state index in [1.807, 2.05) is 69.8 Å². The van der Waals surface area contributed by atoms with Crippen molar-refractivity contribution >= 4 is 17.9 Å². The van der Waals surface area contributed by atoms with Gasteiger partial charge in [-0.1, -0.05) is 120 Å². The molecule has 2 unspecified atom stereocenters. The summed E-state index contributed by atoms with van der Waals surface area (Å²) in [6, 6.07) is -0.621. The van der Waals surface area contributed by atoms with Gasteiger partial charge in [0.2, 0.25) is 0 Å². The van der Waals surface area contributed by atoms with Crippen LogP contribution in [-0.2, 0) is 28.6 Å². The van der Waals surface area contributed by atoms with Crippen LogP contribution in [0.15, 0.2) is 60.8 Å². The molecule has 0 saturated carbocycles. The number of carbonyl (C=O) groups excluding carboxylic acids is 2. The first-order valence-electron chi connectivity index (χ1n) is 17.4. The molecule has 46 heavy (non-hydrogen) atoms. The van der Waals surface area contributed by atoms with Gasteiger partial charge in [0.15, 0.2) is 12.1 Å². The zero-order valence-electron chi connectivity index (χ0n) is 29.5. The summed E-state index contributed by atoms with van der Waals surface area (Å²) in [6.45, 7) is 4.46. The number of hydrogen-bond donors (Lipinski definition) is 1. The normalized spacial score (nSPS) is 13.8. The fraction of sp³-hybridized carbons (Fsp3) is 0.658. The van der Waals surface area contributed by atoms with Gasteiger partial charge in [-0.2, -0.15) is 0 Å². The second kappa shape index (κ2) is 29.4. The Labute approximate surface area is 279 Å². The maximum atomic E-state index is 12.6. The minimum Gasteiger partial charge on any atom is -0.477 e. The molecule has 2 atom stereocenters. The number of aliphatic carboxylic acids is 1. The number of quaternary nitrogens is 1. The monoisotopic (exact) mass is 646 g/mol. The van der Waals surface area contributed by atoms with Gasteiger partial charge in [-0.05, 0) is 32.1 Å². The number of likely N-dealkylation sites (N-methyl/N-ethyl adjacent to an activating group) is 1. The number of ether oxygens (including phenoxy) is 3. The second-order valence-electron chi connectivity index (χ2n) is 12.5. The van der Waals surface area contributed by atoms with Gasteiger partial charge < -0.3 is 23.8 Å². The average molecular weight is 647 g/mol. The molecule has 262 valence electrons. The van der Waals surface area contributed by atoms with E-state index in [0.717, 1.165) is 44.9 Å². The Kier molecular flexibility index (Phi) is 27.5. The zero-order valence-corrected chi connectivity index (χ0v) is 29.5. The van der Waals surface area contributed by atoms with Crippen molar-refractivity contribution in [2.24, 2.45) is 0 Å². The summed E-state index contributed by atoms with van der Waals surface area (Å²) < 4.78 is 17.0. The Balaban J connectivity index is 4.56. The summed E-state index contributed by atoms with van der Waals surface area (Å²) in [7, 11) is 5.48. The fourth-order valence-electron chi connectivity index (χ4n) is 4.58. The second-order valence-corrected chi connectivity index (χ2v) is 12.5. The number of carboxylic acids is 1. The molecule has 0 fully saturated rings. The summed E-state index contributed by atoms with van der Waals surface area (Å²) in [5.41, 5.74) is 0. The maximum Gasteiger partial charge on any atom is 0.362 e. The van der Waals surface area contributed by atoms with Crippen molar-refractivity contribution in [3.8, 4) is 0 Å². The smallest absolute Gasteiger partial charge is 0.362 e. The average Bonchev–Trinajstić information content (AvgIpc) is 3.00. The van der Waals surface area contributed by atoms with Gasteiger partial charge >= 0.3 is 17.9 Å². The van der Waals surface area contributed by atoms with Crippen molar-refractivity contribution in [3.63, 3.8) is 0 Å². The lowest BCUT2D eigenvalue weighted by Gasteiger charge is -2.31. The van der Waals surface area contributed by atoms with Gasteiger partial charge in [-0.25, -0.2) is 4.79 Å². The Bertz CT molecular complexity index is 943. The van der Waals surface area contributed by atoms with E-state index in [1.54, 1.807) is 0 Å². The van der Waals surface area contributed by atoms with Crippen molar-refractivity contribution in [1.82, 2.24) is 0 Å². The largest absolute Gasteiger partial charge is 0.477 e. The van der Waals surface area contributed by atoms with E-state index in [4.69, 9.17) is 14.2 Å². The lowest BCUT2D eigenvalue weighted by atomic mass is 10.1. The van der Waals surface area contributed by atoms with E-state index < -0.39 is 18.1 Å². The highest BCUT2D eigenvalue weighted by atomic mass is 16.6. The van der Waals surface area contributed by atoms with Crippen molar-refractivity contribution < 1.29 is 38.2 Å². The molecule has 0 aromatic rings. The first kappa shape index (κ1) is 43.0. The zero-order chi connectivity index (χ0) is 34.3. The molecule has 0 heterocycles. The molecule has 0 aromatic heterocycles. The molecule has 0 rings (SSSR count). The Hall–Kier alpha value is -2.97. The van der Waals surface area contributed by atoms with Crippen LogP contribution in [0.4, 0.5) is 0 Å². The number of nitrogens with zero attached hydrogens (tertiary/aromatic N) is 1. The van der Waals surface area contributed by atoms with Crippen LogP contribution in [-0.4, -0.2) is 80.6 Å². The van der Waals surface area contributed by atoms with Gasteiger partial charge in [0, 0.05) is 19.3 Å². The number of allylic oxidation sites excluding steroid dienone is 10. The molecule has 0 spiro atoms. The van der Waals surface area contributed by atoms with E-state index in [2.05, 4.69) is 26.0 Å². The number of unbranched alkanes of at least 4 members (excludes halogenated alkanes) is 9. The molecule has 1 N–H and O–H groups in total. The van der Waals surface area contributed by atoms with Gasteiger partial charge in [-0.15, -0.1) is 0 Å². The van der Waals surface area contributed by atoms with Gasteiger partial charge in [0.05, 0.1) is 34.4 Å². The fourth-order valence-corrected chi connectivity index (χ4v) is 4.58. The van der Waals surface area contributed by atoms with Gasteiger partial charge in [0.1, 0.15) is 6.61 Å². The standard InChI is InChI=1S/C38H63NO7/c1-6-8-10-12-14-15-16-17-18-19-20-21-23-25-27-29-37(41)46-34(32-44-31-30-35(38(42)43)39(3,4)5)33-45-36(40)28-26-24-22-13-11-9-7-2/h8,10,12,14-20,34-35H,6-7,9,11,13,21-33H2,1-5H3/p+1/b10-8+,14-12+,16-15+,18-17+,20-19+. The maximum absolute atomic E-state index is 12.6. The van der Waals surface area contributed by atoms with Crippen LogP contribution in [0, 0.1) is 0 Å². The summed E-state index contributed by atoms with van der Waals surface area (Å²) in [5, 5.41) is 9.54. The van der Waals surface area contributed by atoms with Crippen molar-refractivity contribution in [2.45, 2.75) is 122 Å². The van der Waals surface area contributed by atoms with Crippen molar-refractivity contribution in [2.75, 3.05) is 41.0 Å². The molecule has 0 saturated heterocycles. The van der Waals surface area contributed by atoms with Gasteiger partial charge in [0.25, 0.3) is 0 Å². The van der Waals surface area contributed by atoms with Crippen LogP contribution in [0.3, 0.4) is 0 Å². The molecular weight excluding hydrogens is 582 g/mol. The third-order valence-corrected chi connectivity index (χ3v) is 7.31. The first-order chi connectivity index (χ1) is 22.1. The van der Waals surface area contributed by atoms with E-state index >= 15 is 0 Å². The molecule has 8 nitrogen and oxygen atoms in total. The third-order valence-electron chi connectivity index (χ3n) is 7.31. The van der Waals surface area contributed by atoms with Crippen LogP contribution in [0.25, 0.3) is 0 Å². The minimum absolute atomic E-state index is 0.0413. The Morgan fingerprint density at radius 2 is 1.22 bits per heavy atom. The van der Waals surface area contributed by atoms with Gasteiger partial charge in [-0.3, -0.25) is 9.59 Å². The highest BCUT2D eigenvalue weighted by Gasteiger charge is 2.31. The van der Waals surface area contributed by atoms with Crippen molar-refractivity contribution in [1.29, 1.82) is 0 Å². The quantitative estimate of drug-likeness (QED) is 0.0378. The first-order valence-corrected chi connectivity index (χ1v) is 17.4. The lowest BCUT2D eigenvalue weighted by molar-refractivity contribution is -0.887. The summed E-state index contributed by atoms with van der Waals surface area (Å²) in [6.07, 6.45) is 32.8. The molecule has 0 radical (unpaired) electrons. The van der Waals surface area contributed by atoms with Crippen LogP contribution < -0.4 is 0 Å². The van der Waals surface area contributed by atoms with Crippen molar-refractivity contribution in [3.05, 3.63) is 60.8 Å². The van der Waals surface area contributed by atoms with Crippen LogP contribution in [0.5, 0.6) is 0 Å². The number of rotatable bonds is 29. The third kappa shape index (κ3) is 27.3. The predicted octanol–water partition coefficient (Wildman–Crippen LogP) is 8.29. The number of hydrogen-bond acceptors (Lipinski definition) is 6. The van der Waals surface area contributed by atoms with Crippen LogP contribution >= 0.6 is 0 Å². The molecular formula is C38H64NO7+. The molecule has 8 heteroatoms. The highest BCUT2D eigenvalue weighted by Crippen LogP contribution is 2.12. The number of esters is 2. The van der Waals surface area contributed by atoms with Crippen LogP contribution in [0.2, 0.25) is 0 Å². The Morgan fingerprint density at radius 3 is 1.80 bits per heavy atom. The molecule has 0 aromatic carbocycles. The molecule has 0 bridgehead atoms. The van der Waals surface area contributed by atoms with E-state index in [1.165, 1.54) is 25.7 Å². The summed E-state index contributed by atoms with van der Waals surface area (Å²) in [5.74, 6) is -1.54. The lowest BCUT2D eigenvalue weighted by Crippen LogP contribution is -2.50. The van der Waals surface area contributed by atoms with E-state index in [-0.39, 0.29) is 42.7 Å². The number of carbonyl (C=O) groups is 3. The molecule has 0 amide bonds. The van der Waals surface area contributed by atoms with Crippen LogP contribution in [0.1, 0.15) is 110 Å². The topological polar surface area (TPSA) is 99.1 Å².